The minimum atomic E-state index is -0.336. The number of aliphatic imine (C=N–C) groups is 1. The van der Waals surface area contributed by atoms with Crippen molar-refractivity contribution in [2.75, 3.05) is 33.5 Å². The lowest BCUT2D eigenvalue weighted by atomic mass is 10.0. The van der Waals surface area contributed by atoms with E-state index in [0.29, 0.717) is 12.2 Å². The summed E-state index contributed by atoms with van der Waals surface area (Å²) in [5.74, 6) is -0.336. The van der Waals surface area contributed by atoms with Crippen molar-refractivity contribution in [2.45, 2.75) is 109 Å². The van der Waals surface area contributed by atoms with Gasteiger partial charge < -0.3 is 19.1 Å². The van der Waals surface area contributed by atoms with Crippen LogP contribution in [0.5, 0.6) is 0 Å². The second-order valence-corrected chi connectivity index (χ2v) is 10.4. The largest absolute Gasteiger partial charge is 0.459 e. The van der Waals surface area contributed by atoms with Gasteiger partial charge in [-0.05, 0) is 24.1 Å². The van der Waals surface area contributed by atoms with E-state index >= 15 is 0 Å². The Morgan fingerprint density at radius 2 is 1.58 bits per heavy atom. The van der Waals surface area contributed by atoms with Gasteiger partial charge in [0.15, 0.2) is 0 Å². The van der Waals surface area contributed by atoms with Gasteiger partial charge in [0.05, 0.1) is 18.7 Å². The van der Waals surface area contributed by atoms with E-state index in [9.17, 15) is 4.79 Å². The van der Waals surface area contributed by atoms with Crippen LogP contribution >= 0.6 is 0 Å². The van der Waals surface area contributed by atoms with Crippen molar-refractivity contribution in [3.05, 3.63) is 47.8 Å². The first-order valence-corrected chi connectivity index (χ1v) is 15.0. The molecule has 0 spiro atoms. The highest BCUT2D eigenvalue weighted by Gasteiger charge is 2.14. The first kappa shape index (κ1) is 32.0. The number of hydrogen-bond acceptors (Lipinski definition) is 6. The predicted molar refractivity (Wildman–Crippen MR) is 157 cm³/mol. The maximum absolute atomic E-state index is 12.6. The number of benzene rings is 1. The lowest BCUT2D eigenvalue weighted by Crippen LogP contribution is -2.26. The number of unbranched alkanes of at least 4 members (excludes halogenated alkanes) is 13. The molecule has 1 aromatic rings. The molecule has 2 rings (SSSR count). The number of nitrogens with zero attached hydrogens (tertiary/aromatic N) is 2. The average molecular weight is 529 g/mol. The van der Waals surface area contributed by atoms with E-state index in [1.54, 1.807) is 19.4 Å². The molecular formula is C32H52N2O4. The fourth-order valence-corrected chi connectivity index (χ4v) is 4.60. The van der Waals surface area contributed by atoms with E-state index in [-0.39, 0.29) is 18.7 Å². The van der Waals surface area contributed by atoms with Crippen molar-refractivity contribution < 1.29 is 19.0 Å². The van der Waals surface area contributed by atoms with Gasteiger partial charge in [-0.3, -0.25) is 4.99 Å². The molecule has 0 saturated carbocycles. The molecule has 1 aliphatic rings. The van der Waals surface area contributed by atoms with E-state index in [1.807, 2.05) is 30.6 Å². The monoisotopic (exact) mass is 528 g/mol. The minimum Gasteiger partial charge on any atom is -0.459 e. The zero-order valence-electron chi connectivity index (χ0n) is 24.1. The van der Waals surface area contributed by atoms with Crippen LogP contribution in [0.3, 0.4) is 0 Å². The highest BCUT2D eigenvalue weighted by atomic mass is 16.6. The van der Waals surface area contributed by atoms with Gasteiger partial charge in [0.1, 0.15) is 12.7 Å². The fourth-order valence-electron chi connectivity index (χ4n) is 4.60. The van der Waals surface area contributed by atoms with E-state index in [0.717, 1.165) is 31.7 Å². The Balaban J connectivity index is 1.46. The van der Waals surface area contributed by atoms with Gasteiger partial charge in [-0.1, -0.05) is 103 Å². The molecule has 0 aliphatic carbocycles. The van der Waals surface area contributed by atoms with Crippen molar-refractivity contribution in [1.82, 2.24) is 4.90 Å². The number of methoxy groups -OCH3 is 1. The zero-order chi connectivity index (χ0) is 27.1. The summed E-state index contributed by atoms with van der Waals surface area (Å²) in [6, 6.07) is 7.57. The third kappa shape index (κ3) is 15.3. The molecule has 0 N–H and O–H groups in total. The molecule has 6 nitrogen and oxygen atoms in total. The number of hydrogen-bond donors (Lipinski definition) is 0. The second-order valence-electron chi connectivity index (χ2n) is 10.4. The number of esters is 1. The Hall–Kier alpha value is -2.18. The van der Waals surface area contributed by atoms with E-state index < -0.39 is 0 Å². The average Bonchev–Trinajstić information content (AvgIpc) is 2.95. The minimum absolute atomic E-state index is 0.184. The molecule has 1 atom stereocenters. The lowest BCUT2D eigenvalue weighted by molar-refractivity contribution is -0.0314. The second kappa shape index (κ2) is 21.7. The van der Waals surface area contributed by atoms with Crippen LogP contribution in [-0.4, -0.2) is 56.7 Å². The van der Waals surface area contributed by atoms with Gasteiger partial charge in [0, 0.05) is 38.9 Å². The van der Waals surface area contributed by atoms with Crippen molar-refractivity contribution in [1.29, 1.82) is 0 Å². The molecule has 214 valence electrons. The van der Waals surface area contributed by atoms with E-state index in [4.69, 9.17) is 14.2 Å². The SMILES string of the molecule is CCCCCCCCCCCCCCCCOCC(COC(=O)c1cccc(CN2C=CN=CC2)c1)OC. The van der Waals surface area contributed by atoms with Crippen LogP contribution in [0.2, 0.25) is 0 Å². The Labute approximate surface area is 231 Å². The number of carbonyl (C=O) groups is 1. The molecule has 6 heteroatoms. The summed E-state index contributed by atoms with van der Waals surface area (Å²) in [5, 5.41) is 0. The Morgan fingerprint density at radius 3 is 2.18 bits per heavy atom. The molecule has 0 bridgehead atoms. The molecule has 1 aromatic carbocycles. The molecule has 1 unspecified atom stereocenters. The maximum Gasteiger partial charge on any atom is 0.338 e. The van der Waals surface area contributed by atoms with Crippen molar-refractivity contribution in [2.24, 2.45) is 4.99 Å². The molecule has 0 saturated heterocycles. The standard InChI is InChI=1S/C32H52N2O4/c1-3-4-5-6-7-8-9-10-11-12-13-14-15-16-24-37-27-31(36-2)28-38-32(35)30-19-17-18-29(25-30)26-34-22-20-33-21-23-34/h17-22,25,31H,3-16,23-24,26-28H2,1-2H3. The smallest absolute Gasteiger partial charge is 0.338 e. The molecule has 0 radical (unpaired) electrons. The van der Waals surface area contributed by atoms with Crippen molar-refractivity contribution in [3.8, 4) is 0 Å². The number of rotatable bonds is 23. The predicted octanol–water partition coefficient (Wildman–Crippen LogP) is 7.71. The summed E-state index contributed by atoms with van der Waals surface area (Å²) in [4.78, 5) is 18.8. The summed E-state index contributed by atoms with van der Waals surface area (Å²) in [7, 11) is 1.63. The van der Waals surface area contributed by atoms with Crippen LogP contribution in [0, 0.1) is 0 Å². The highest BCUT2D eigenvalue weighted by Crippen LogP contribution is 2.14. The summed E-state index contributed by atoms with van der Waals surface area (Å²) >= 11 is 0. The van der Waals surface area contributed by atoms with Gasteiger partial charge in [-0.2, -0.15) is 0 Å². The molecule has 0 aromatic heterocycles. The normalized spacial score (nSPS) is 13.7. The first-order chi connectivity index (χ1) is 18.7. The highest BCUT2D eigenvalue weighted by molar-refractivity contribution is 5.89. The summed E-state index contributed by atoms with van der Waals surface area (Å²) in [5.41, 5.74) is 1.61. The molecule has 0 fully saturated rings. The number of ether oxygens (including phenoxy) is 3. The molecule has 0 amide bonds. The Morgan fingerprint density at radius 1 is 0.921 bits per heavy atom. The van der Waals surface area contributed by atoms with Crippen molar-refractivity contribution in [3.63, 3.8) is 0 Å². The Kier molecular flexibility index (Phi) is 18.3. The third-order valence-corrected chi connectivity index (χ3v) is 7.01. The fraction of sp³-hybridized carbons (Fsp3) is 0.688. The quantitative estimate of drug-likeness (QED) is 0.107. The van der Waals surface area contributed by atoms with Gasteiger partial charge in [0.25, 0.3) is 0 Å². The van der Waals surface area contributed by atoms with Gasteiger partial charge >= 0.3 is 5.97 Å². The molecule has 38 heavy (non-hydrogen) atoms. The summed E-state index contributed by atoms with van der Waals surface area (Å²) in [6.45, 7) is 5.11. The topological polar surface area (TPSA) is 60.4 Å². The summed E-state index contributed by atoms with van der Waals surface area (Å²) < 4.78 is 16.8. The van der Waals surface area contributed by atoms with E-state index in [2.05, 4.69) is 16.8 Å². The van der Waals surface area contributed by atoms with Gasteiger partial charge in [0.2, 0.25) is 0 Å². The van der Waals surface area contributed by atoms with Gasteiger partial charge in [-0.25, -0.2) is 4.79 Å². The van der Waals surface area contributed by atoms with Gasteiger partial charge in [-0.15, -0.1) is 0 Å². The summed E-state index contributed by atoms with van der Waals surface area (Å²) in [6.07, 6.45) is 24.2. The van der Waals surface area contributed by atoms with Crippen LogP contribution < -0.4 is 0 Å². The maximum atomic E-state index is 12.6. The van der Waals surface area contributed by atoms with Crippen LogP contribution in [0.25, 0.3) is 0 Å². The third-order valence-electron chi connectivity index (χ3n) is 7.01. The van der Waals surface area contributed by atoms with Crippen LogP contribution in [0.1, 0.15) is 113 Å². The lowest BCUT2D eigenvalue weighted by Gasteiger charge is -2.20. The number of carbonyl (C=O) groups excluding carboxylic acids is 1. The van der Waals surface area contributed by atoms with Crippen LogP contribution in [-0.2, 0) is 20.8 Å². The van der Waals surface area contributed by atoms with Crippen LogP contribution in [0.4, 0.5) is 0 Å². The molecular weight excluding hydrogens is 476 g/mol. The van der Waals surface area contributed by atoms with Crippen molar-refractivity contribution >= 4 is 12.2 Å². The van der Waals surface area contributed by atoms with Crippen LogP contribution in [0.15, 0.2) is 41.7 Å². The first-order valence-electron chi connectivity index (χ1n) is 15.0. The Bertz CT molecular complexity index is 795. The zero-order valence-corrected chi connectivity index (χ0v) is 24.1. The molecule has 1 heterocycles. The molecule has 1 aliphatic heterocycles. The van der Waals surface area contributed by atoms with E-state index in [1.165, 1.54) is 83.5 Å².